The highest BCUT2D eigenvalue weighted by molar-refractivity contribution is 4.73. The summed E-state index contributed by atoms with van der Waals surface area (Å²) in [4.78, 5) is 1.77. The van der Waals surface area contributed by atoms with Crippen LogP contribution >= 0.6 is 0 Å². The van der Waals surface area contributed by atoms with Crippen molar-refractivity contribution in [3.05, 3.63) is 0 Å². The van der Waals surface area contributed by atoms with Gasteiger partial charge in [0.25, 0.3) is 0 Å². The smallest absolute Gasteiger partial charge is 0.314 e. The Bertz CT molecular complexity index is 188. The minimum absolute atomic E-state index is 0.107. The average molecular weight is 238 g/mol. The molecule has 1 atom stereocenters. The first kappa shape index (κ1) is 13.8. The molecule has 1 aliphatic heterocycles. The fraction of sp³-hybridized carbons (Fsp3) is 1.00. The molecule has 1 rings (SSSR count). The third-order valence-corrected chi connectivity index (χ3v) is 3.05. The molecule has 0 saturated carbocycles. The molecule has 5 heteroatoms. The van der Waals surface area contributed by atoms with Crippen molar-refractivity contribution >= 4 is 0 Å². The number of hydrogen-bond donors (Lipinski definition) is 1. The summed E-state index contributed by atoms with van der Waals surface area (Å²) in [7, 11) is 1.76. The zero-order valence-corrected chi connectivity index (χ0v) is 9.82. The molecule has 1 aliphatic rings. The maximum Gasteiger partial charge on any atom is 0.390 e. The van der Waals surface area contributed by atoms with Crippen LogP contribution in [-0.4, -0.2) is 43.8 Å². The molecule has 0 bridgehead atoms. The molecule has 0 aliphatic carbocycles. The monoisotopic (exact) mass is 238 g/mol. The molecular formula is C11H21F3N2. The van der Waals surface area contributed by atoms with Crippen molar-refractivity contribution in [3.63, 3.8) is 0 Å². The Morgan fingerprint density at radius 2 is 2.00 bits per heavy atom. The van der Waals surface area contributed by atoms with Gasteiger partial charge in [0.2, 0.25) is 0 Å². The van der Waals surface area contributed by atoms with Crippen LogP contribution in [0.5, 0.6) is 0 Å². The maximum atomic E-state index is 12.0. The van der Waals surface area contributed by atoms with Crippen LogP contribution in [0.4, 0.5) is 13.2 Å². The van der Waals surface area contributed by atoms with Gasteiger partial charge < -0.3 is 10.2 Å². The van der Waals surface area contributed by atoms with Crippen LogP contribution in [0, 0.1) is 0 Å². The second kappa shape index (κ2) is 6.45. The van der Waals surface area contributed by atoms with E-state index in [0.717, 1.165) is 25.9 Å². The van der Waals surface area contributed by atoms with Crippen LogP contribution in [0.3, 0.4) is 0 Å². The van der Waals surface area contributed by atoms with Crippen molar-refractivity contribution in [2.75, 3.05) is 26.7 Å². The number of hydrogen-bond acceptors (Lipinski definition) is 2. The first-order valence-electron chi connectivity index (χ1n) is 5.96. The molecule has 1 N–H and O–H groups in total. The highest BCUT2D eigenvalue weighted by Gasteiger charge is 2.27. The first-order valence-corrected chi connectivity index (χ1v) is 5.96. The summed E-state index contributed by atoms with van der Waals surface area (Å²) in [6.45, 7) is 1.90. The van der Waals surface area contributed by atoms with E-state index in [0.29, 0.717) is 6.04 Å². The molecule has 0 amide bonds. The third kappa shape index (κ3) is 6.33. The maximum absolute atomic E-state index is 12.0. The number of piperidine rings is 1. The van der Waals surface area contributed by atoms with Gasteiger partial charge in [0.1, 0.15) is 0 Å². The Morgan fingerprint density at radius 3 is 2.56 bits per heavy atom. The minimum atomic E-state index is -4.03. The molecular weight excluding hydrogens is 217 g/mol. The Morgan fingerprint density at radius 1 is 1.25 bits per heavy atom. The van der Waals surface area contributed by atoms with Gasteiger partial charge in [-0.3, -0.25) is 0 Å². The lowest BCUT2D eigenvalue weighted by Gasteiger charge is -2.26. The van der Waals surface area contributed by atoms with Crippen molar-refractivity contribution in [2.45, 2.75) is 44.3 Å². The molecule has 1 fully saturated rings. The van der Waals surface area contributed by atoms with E-state index in [9.17, 15) is 13.2 Å². The molecule has 1 unspecified atom stereocenters. The molecule has 0 spiro atoms. The quantitative estimate of drug-likeness (QED) is 0.791. The van der Waals surface area contributed by atoms with Crippen molar-refractivity contribution < 1.29 is 13.2 Å². The third-order valence-electron chi connectivity index (χ3n) is 3.05. The largest absolute Gasteiger partial charge is 0.390 e. The first-order chi connectivity index (χ1) is 7.47. The summed E-state index contributed by atoms with van der Waals surface area (Å²) < 4.78 is 35.9. The molecule has 0 aromatic carbocycles. The van der Waals surface area contributed by atoms with Gasteiger partial charge in [0.15, 0.2) is 0 Å². The van der Waals surface area contributed by atoms with E-state index in [-0.39, 0.29) is 6.54 Å². The number of nitrogens with one attached hydrogen (secondary N) is 1. The number of halogens is 3. The van der Waals surface area contributed by atoms with Gasteiger partial charge in [-0.05, 0) is 39.4 Å². The summed E-state index contributed by atoms with van der Waals surface area (Å²) in [5, 5.41) is 3.40. The summed E-state index contributed by atoms with van der Waals surface area (Å²) in [6, 6.07) is 0.502. The van der Waals surface area contributed by atoms with Crippen LogP contribution in [-0.2, 0) is 0 Å². The summed E-state index contributed by atoms with van der Waals surface area (Å²) in [5.74, 6) is 0. The highest BCUT2D eigenvalue weighted by atomic mass is 19.4. The van der Waals surface area contributed by atoms with Crippen molar-refractivity contribution in [2.24, 2.45) is 0 Å². The fourth-order valence-electron chi connectivity index (χ4n) is 1.98. The van der Waals surface area contributed by atoms with E-state index in [1.165, 1.54) is 12.8 Å². The van der Waals surface area contributed by atoms with Crippen LogP contribution < -0.4 is 5.32 Å². The lowest BCUT2D eigenvalue weighted by molar-refractivity contribution is -0.137. The summed E-state index contributed by atoms with van der Waals surface area (Å²) in [5.41, 5.74) is 0. The van der Waals surface area contributed by atoms with Crippen LogP contribution in [0.1, 0.15) is 32.1 Å². The fourth-order valence-corrected chi connectivity index (χ4v) is 1.98. The second-order valence-electron chi connectivity index (χ2n) is 4.60. The van der Waals surface area contributed by atoms with E-state index in [2.05, 4.69) is 5.32 Å². The van der Waals surface area contributed by atoms with Gasteiger partial charge >= 0.3 is 6.18 Å². The summed E-state index contributed by atoms with van der Waals surface area (Å²) >= 11 is 0. The van der Waals surface area contributed by atoms with Gasteiger partial charge in [0.05, 0.1) is 6.42 Å². The van der Waals surface area contributed by atoms with E-state index in [1.807, 2.05) is 0 Å². The van der Waals surface area contributed by atoms with E-state index in [1.54, 1.807) is 11.9 Å². The average Bonchev–Trinajstić information content (AvgIpc) is 2.24. The van der Waals surface area contributed by atoms with Crippen molar-refractivity contribution in [1.29, 1.82) is 0 Å². The molecule has 0 radical (unpaired) electrons. The Labute approximate surface area is 95.2 Å². The van der Waals surface area contributed by atoms with Gasteiger partial charge in [-0.15, -0.1) is 0 Å². The minimum Gasteiger partial charge on any atom is -0.314 e. The van der Waals surface area contributed by atoms with Crippen LogP contribution in [0.15, 0.2) is 0 Å². The van der Waals surface area contributed by atoms with Gasteiger partial charge in [-0.25, -0.2) is 0 Å². The molecule has 1 saturated heterocycles. The highest BCUT2D eigenvalue weighted by Crippen LogP contribution is 2.19. The normalized spacial score (nSPS) is 22.7. The number of nitrogens with zero attached hydrogens (tertiary/aromatic N) is 1. The van der Waals surface area contributed by atoms with E-state index in [4.69, 9.17) is 0 Å². The Hall–Kier alpha value is -0.290. The molecule has 0 aromatic heterocycles. The molecule has 0 aromatic rings. The van der Waals surface area contributed by atoms with Gasteiger partial charge in [0, 0.05) is 12.6 Å². The zero-order chi connectivity index (χ0) is 12.0. The Kier molecular flexibility index (Phi) is 5.55. The lowest BCUT2D eigenvalue weighted by Crippen LogP contribution is -2.37. The second-order valence-corrected chi connectivity index (χ2v) is 4.60. The molecule has 2 nitrogen and oxygen atoms in total. The predicted molar refractivity (Wildman–Crippen MR) is 58.4 cm³/mol. The number of alkyl halides is 3. The van der Waals surface area contributed by atoms with Crippen molar-refractivity contribution in [1.82, 2.24) is 10.2 Å². The standard InChI is InChI=1S/C11H21F3N2/c1-16(9-6-11(12,13)14)8-5-10-4-2-3-7-15-10/h10,15H,2-9H2,1H3. The van der Waals surface area contributed by atoms with Gasteiger partial charge in [-0.2, -0.15) is 13.2 Å². The number of rotatable bonds is 5. The van der Waals surface area contributed by atoms with Gasteiger partial charge in [-0.1, -0.05) is 6.42 Å². The summed E-state index contributed by atoms with van der Waals surface area (Å²) in [6.07, 6.45) is -0.162. The molecule has 16 heavy (non-hydrogen) atoms. The van der Waals surface area contributed by atoms with Crippen molar-refractivity contribution in [3.8, 4) is 0 Å². The lowest BCUT2D eigenvalue weighted by atomic mass is 10.0. The van der Waals surface area contributed by atoms with E-state index < -0.39 is 12.6 Å². The molecule has 1 heterocycles. The van der Waals surface area contributed by atoms with Crippen LogP contribution in [0.2, 0.25) is 0 Å². The topological polar surface area (TPSA) is 15.3 Å². The van der Waals surface area contributed by atoms with E-state index >= 15 is 0 Å². The SMILES string of the molecule is CN(CCC1CCCCN1)CCC(F)(F)F. The predicted octanol–water partition coefficient (Wildman–Crippen LogP) is 2.40. The molecule has 96 valence electrons. The van der Waals surface area contributed by atoms with Crippen LogP contribution in [0.25, 0.3) is 0 Å². The Balaban J connectivity index is 2.07. The zero-order valence-electron chi connectivity index (χ0n) is 9.82.